The van der Waals surface area contributed by atoms with Gasteiger partial charge in [0.1, 0.15) is 0 Å². The summed E-state index contributed by atoms with van der Waals surface area (Å²) in [5.41, 5.74) is 4.98. The third-order valence-corrected chi connectivity index (χ3v) is 4.44. The van der Waals surface area contributed by atoms with Crippen molar-refractivity contribution in [1.82, 2.24) is 20.4 Å². The van der Waals surface area contributed by atoms with Gasteiger partial charge in [0.15, 0.2) is 5.82 Å². The first kappa shape index (κ1) is 16.9. The van der Waals surface area contributed by atoms with Crippen molar-refractivity contribution in [2.75, 3.05) is 13.1 Å². The van der Waals surface area contributed by atoms with Gasteiger partial charge in [-0.3, -0.25) is 10.1 Å². The molecule has 0 radical (unpaired) electrons. The van der Waals surface area contributed by atoms with E-state index >= 15 is 0 Å². The second kappa shape index (κ2) is 7.69. The average molecular weight is 309 g/mol. The molecule has 0 bridgehead atoms. The second-order valence-corrected chi connectivity index (χ2v) is 5.78. The Labute approximate surface area is 131 Å². The number of carbonyl (C=O) groups excluding carboxylic acids is 1. The fraction of sp³-hybridized carbons (Fsp3) is 0.800. The van der Waals surface area contributed by atoms with Crippen LogP contribution in [0.4, 0.5) is 0 Å². The average Bonchev–Trinajstić information content (AvgIpc) is 3.03. The van der Waals surface area contributed by atoms with Crippen molar-refractivity contribution in [2.45, 2.75) is 64.6 Å². The molecule has 1 aromatic heterocycles. The molecule has 1 aliphatic rings. The van der Waals surface area contributed by atoms with Gasteiger partial charge in [-0.05, 0) is 26.7 Å². The normalized spacial score (nSPS) is 17.4. The molecule has 1 aromatic rings. The van der Waals surface area contributed by atoms with Crippen LogP contribution in [0.25, 0.3) is 0 Å². The number of nitrogens with two attached hydrogens (primary N) is 1. The van der Waals surface area contributed by atoms with Gasteiger partial charge in [0, 0.05) is 13.1 Å². The Morgan fingerprint density at radius 2 is 2.00 bits per heavy atom. The van der Waals surface area contributed by atoms with Gasteiger partial charge in [0.25, 0.3) is 0 Å². The summed E-state index contributed by atoms with van der Waals surface area (Å²) in [6, 6.07) is 0. The molecular formula is C15H27N5O2. The van der Waals surface area contributed by atoms with Gasteiger partial charge in [-0.15, -0.1) is 0 Å². The molecule has 3 N–H and O–H groups in total. The number of hydrogen-bond acceptors (Lipinski definition) is 6. The Balaban J connectivity index is 2.09. The topological polar surface area (TPSA) is 97.3 Å². The first-order valence-electron chi connectivity index (χ1n) is 8.21. The van der Waals surface area contributed by atoms with Crippen LogP contribution in [0.1, 0.15) is 57.7 Å². The molecule has 22 heavy (non-hydrogen) atoms. The van der Waals surface area contributed by atoms with Crippen molar-refractivity contribution in [2.24, 2.45) is 5.73 Å². The summed E-state index contributed by atoms with van der Waals surface area (Å²) in [6.45, 7) is 6.17. The minimum atomic E-state index is -0.492. The van der Waals surface area contributed by atoms with Crippen LogP contribution in [-0.4, -0.2) is 39.6 Å². The Kier molecular flexibility index (Phi) is 5.90. The highest BCUT2D eigenvalue weighted by Crippen LogP contribution is 2.30. The summed E-state index contributed by atoms with van der Waals surface area (Å²) in [4.78, 5) is 19.0. The highest BCUT2D eigenvalue weighted by atomic mass is 16.5. The van der Waals surface area contributed by atoms with Crippen molar-refractivity contribution in [1.29, 1.82) is 0 Å². The minimum absolute atomic E-state index is 0.194. The number of carbonyl (C=O) groups is 1. The van der Waals surface area contributed by atoms with Crippen molar-refractivity contribution in [3.05, 3.63) is 11.7 Å². The van der Waals surface area contributed by atoms with Gasteiger partial charge in [-0.2, -0.15) is 4.98 Å². The standard InChI is InChI=1S/C15H27N5O2/c1-3-20(4-2)14(21)15(8-6-5-7-9-15)17-11-12-18-13(10-16)22-19-12/h17H,3-11,16H2,1-2H3. The number of hydrogen-bond donors (Lipinski definition) is 2. The number of amides is 1. The van der Waals surface area contributed by atoms with Gasteiger partial charge in [-0.25, -0.2) is 0 Å². The Bertz CT molecular complexity index is 478. The Hall–Kier alpha value is -1.47. The molecule has 1 amide bonds. The molecule has 0 atom stereocenters. The van der Waals surface area contributed by atoms with Gasteiger partial charge in [0.05, 0.1) is 18.6 Å². The number of likely N-dealkylation sites (N-methyl/N-ethyl adjacent to an activating group) is 1. The molecule has 0 aromatic carbocycles. The van der Waals surface area contributed by atoms with E-state index in [0.717, 1.165) is 38.8 Å². The fourth-order valence-corrected chi connectivity index (χ4v) is 3.13. The summed E-state index contributed by atoms with van der Waals surface area (Å²) in [7, 11) is 0. The molecule has 1 heterocycles. The fourth-order valence-electron chi connectivity index (χ4n) is 3.13. The maximum Gasteiger partial charge on any atom is 0.242 e. The van der Waals surface area contributed by atoms with E-state index < -0.39 is 5.54 Å². The Morgan fingerprint density at radius 1 is 1.32 bits per heavy atom. The molecule has 7 heteroatoms. The summed E-state index contributed by atoms with van der Waals surface area (Å²) < 4.78 is 5.02. The van der Waals surface area contributed by atoms with E-state index in [4.69, 9.17) is 10.3 Å². The molecule has 7 nitrogen and oxygen atoms in total. The third-order valence-electron chi connectivity index (χ3n) is 4.44. The van der Waals surface area contributed by atoms with E-state index in [9.17, 15) is 4.79 Å². The molecule has 0 unspecified atom stereocenters. The Morgan fingerprint density at radius 3 is 2.55 bits per heavy atom. The molecule has 1 fully saturated rings. The maximum absolute atomic E-state index is 12.9. The summed E-state index contributed by atoms with van der Waals surface area (Å²) in [6.07, 6.45) is 5.06. The van der Waals surface area contributed by atoms with Gasteiger partial charge in [-0.1, -0.05) is 24.4 Å². The van der Waals surface area contributed by atoms with E-state index in [1.54, 1.807) is 0 Å². The minimum Gasteiger partial charge on any atom is -0.342 e. The number of aromatic nitrogens is 2. The summed E-state index contributed by atoms with van der Waals surface area (Å²) >= 11 is 0. The summed E-state index contributed by atoms with van der Waals surface area (Å²) in [5.74, 6) is 1.17. The molecule has 1 aliphatic carbocycles. The smallest absolute Gasteiger partial charge is 0.242 e. The maximum atomic E-state index is 12.9. The molecule has 0 saturated heterocycles. The molecule has 2 rings (SSSR count). The monoisotopic (exact) mass is 309 g/mol. The van der Waals surface area contributed by atoms with Crippen LogP contribution in [0, 0.1) is 0 Å². The SMILES string of the molecule is CCN(CC)C(=O)C1(NCc2noc(CN)n2)CCCCC1. The van der Waals surface area contributed by atoms with E-state index in [2.05, 4.69) is 15.5 Å². The highest BCUT2D eigenvalue weighted by Gasteiger charge is 2.41. The summed E-state index contributed by atoms with van der Waals surface area (Å²) in [5, 5.41) is 7.31. The largest absolute Gasteiger partial charge is 0.342 e. The lowest BCUT2D eigenvalue weighted by molar-refractivity contribution is -0.139. The quantitative estimate of drug-likeness (QED) is 0.785. The molecular weight excluding hydrogens is 282 g/mol. The van der Waals surface area contributed by atoms with Crippen molar-refractivity contribution >= 4 is 5.91 Å². The van der Waals surface area contributed by atoms with Crippen LogP contribution < -0.4 is 11.1 Å². The number of rotatable bonds is 7. The zero-order valence-electron chi connectivity index (χ0n) is 13.6. The van der Waals surface area contributed by atoms with E-state index in [-0.39, 0.29) is 12.5 Å². The van der Waals surface area contributed by atoms with Crippen molar-refractivity contribution in [3.63, 3.8) is 0 Å². The van der Waals surface area contributed by atoms with Crippen molar-refractivity contribution in [3.8, 4) is 0 Å². The number of nitrogens with one attached hydrogen (secondary N) is 1. The molecule has 124 valence electrons. The zero-order valence-corrected chi connectivity index (χ0v) is 13.6. The third kappa shape index (κ3) is 3.64. The van der Waals surface area contributed by atoms with Crippen LogP contribution in [0.15, 0.2) is 4.52 Å². The lowest BCUT2D eigenvalue weighted by Crippen LogP contribution is -2.58. The van der Waals surface area contributed by atoms with Crippen LogP contribution in [0.3, 0.4) is 0 Å². The van der Waals surface area contributed by atoms with Gasteiger partial charge in [0.2, 0.25) is 11.8 Å². The van der Waals surface area contributed by atoms with Crippen LogP contribution in [0.5, 0.6) is 0 Å². The molecule has 0 aliphatic heterocycles. The van der Waals surface area contributed by atoms with Crippen LogP contribution in [0.2, 0.25) is 0 Å². The zero-order chi connectivity index (χ0) is 16.0. The predicted octanol–water partition coefficient (Wildman–Crippen LogP) is 1.19. The first-order chi connectivity index (χ1) is 10.6. The van der Waals surface area contributed by atoms with E-state index in [1.807, 2.05) is 18.7 Å². The van der Waals surface area contributed by atoms with Crippen LogP contribution >= 0.6 is 0 Å². The van der Waals surface area contributed by atoms with Crippen LogP contribution in [-0.2, 0) is 17.9 Å². The van der Waals surface area contributed by atoms with Crippen molar-refractivity contribution < 1.29 is 9.32 Å². The van der Waals surface area contributed by atoms with E-state index in [1.165, 1.54) is 6.42 Å². The van der Waals surface area contributed by atoms with Gasteiger partial charge < -0.3 is 15.2 Å². The predicted molar refractivity (Wildman–Crippen MR) is 82.8 cm³/mol. The van der Waals surface area contributed by atoms with Gasteiger partial charge >= 0.3 is 0 Å². The first-order valence-corrected chi connectivity index (χ1v) is 8.21. The van der Waals surface area contributed by atoms with E-state index in [0.29, 0.717) is 18.3 Å². The number of nitrogens with zero attached hydrogens (tertiary/aromatic N) is 3. The second-order valence-electron chi connectivity index (χ2n) is 5.78. The molecule has 1 saturated carbocycles. The lowest BCUT2D eigenvalue weighted by atomic mass is 9.80. The molecule has 0 spiro atoms. The highest BCUT2D eigenvalue weighted by molar-refractivity contribution is 5.86. The lowest BCUT2D eigenvalue weighted by Gasteiger charge is -2.40.